The molecule has 142 valence electrons. The van der Waals surface area contributed by atoms with Crippen LogP contribution in [0.2, 0.25) is 0 Å². The highest BCUT2D eigenvalue weighted by molar-refractivity contribution is 7.16. The fourth-order valence-corrected chi connectivity index (χ4v) is 3.84. The molecule has 2 aromatic rings. The Hall–Kier alpha value is -2.19. The predicted molar refractivity (Wildman–Crippen MR) is 103 cm³/mol. The Kier molecular flexibility index (Phi) is 6.55. The minimum Gasteiger partial charge on any atom is -0.465 e. The van der Waals surface area contributed by atoms with Gasteiger partial charge in [-0.2, -0.15) is 5.10 Å². The average molecular weight is 378 g/mol. The zero-order chi connectivity index (χ0) is 19.4. The molecule has 2 aromatic heterocycles. The summed E-state index contributed by atoms with van der Waals surface area (Å²) in [7, 11) is 3.22. The van der Waals surface area contributed by atoms with Gasteiger partial charge in [0.25, 0.3) is 0 Å². The van der Waals surface area contributed by atoms with Gasteiger partial charge in [0, 0.05) is 29.2 Å². The second kappa shape index (κ2) is 8.46. The SMILES string of the molecule is CCn1ncc(CN(C)CC(=O)Nc2sc(C)c(C)c2C(=O)OC)c1C. The number of thiophene rings is 1. The number of amides is 1. The molecule has 7 nitrogen and oxygen atoms in total. The number of rotatable bonds is 7. The maximum absolute atomic E-state index is 12.4. The molecule has 1 N–H and O–H groups in total. The lowest BCUT2D eigenvalue weighted by molar-refractivity contribution is -0.117. The van der Waals surface area contributed by atoms with Crippen LogP contribution in [0.15, 0.2) is 6.20 Å². The number of ether oxygens (including phenoxy) is 1. The smallest absolute Gasteiger partial charge is 0.341 e. The fraction of sp³-hybridized carbons (Fsp3) is 0.500. The maximum atomic E-state index is 12.4. The zero-order valence-corrected chi connectivity index (χ0v) is 17.0. The number of carbonyl (C=O) groups excluding carboxylic acids is 2. The Morgan fingerprint density at radius 3 is 2.62 bits per heavy atom. The highest BCUT2D eigenvalue weighted by Crippen LogP contribution is 2.32. The summed E-state index contributed by atoms with van der Waals surface area (Å²) < 4.78 is 6.77. The van der Waals surface area contributed by atoms with E-state index in [-0.39, 0.29) is 12.5 Å². The summed E-state index contributed by atoms with van der Waals surface area (Å²) in [5.41, 5.74) is 3.48. The van der Waals surface area contributed by atoms with E-state index in [1.807, 2.05) is 50.5 Å². The first-order chi connectivity index (χ1) is 12.3. The summed E-state index contributed by atoms with van der Waals surface area (Å²) >= 11 is 1.39. The van der Waals surface area contributed by atoms with E-state index in [1.54, 1.807) is 0 Å². The van der Waals surface area contributed by atoms with Crippen molar-refractivity contribution in [1.82, 2.24) is 14.7 Å². The van der Waals surface area contributed by atoms with E-state index >= 15 is 0 Å². The number of anilines is 1. The summed E-state index contributed by atoms with van der Waals surface area (Å²) in [4.78, 5) is 27.3. The number of aryl methyl sites for hydroxylation is 2. The third-order valence-corrected chi connectivity index (χ3v) is 5.51. The third kappa shape index (κ3) is 4.31. The Morgan fingerprint density at radius 1 is 1.35 bits per heavy atom. The van der Waals surface area contributed by atoms with Crippen LogP contribution in [0, 0.1) is 20.8 Å². The molecular weight excluding hydrogens is 352 g/mol. The van der Waals surface area contributed by atoms with Gasteiger partial charge < -0.3 is 10.1 Å². The summed E-state index contributed by atoms with van der Waals surface area (Å²) in [6, 6.07) is 0. The van der Waals surface area contributed by atoms with Gasteiger partial charge in [-0.05, 0) is 40.3 Å². The van der Waals surface area contributed by atoms with Gasteiger partial charge in [0.15, 0.2) is 0 Å². The molecule has 2 heterocycles. The normalized spacial score (nSPS) is 11.0. The number of hydrogen-bond donors (Lipinski definition) is 1. The average Bonchev–Trinajstić information content (AvgIpc) is 3.06. The van der Waals surface area contributed by atoms with Crippen LogP contribution >= 0.6 is 11.3 Å². The van der Waals surface area contributed by atoms with E-state index in [1.165, 1.54) is 18.4 Å². The lowest BCUT2D eigenvalue weighted by Gasteiger charge is -2.16. The van der Waals surface area contributed by atoms with E-state index in [4.69, 9.17) is 4.74 Å². The van der Waals surface area contributed by atoms with Gasteiger partial charge in [-0.1, -0.05) is 0 Å². The van der Waals surface area contributed by atoms with Gasteiger partial charge in [0.05, 0.1) is 25.4 Å². The second-order valence-electron chi connectivity index (χ2n) is 6.27. The molecule has 1 amide bonds. The van der Waals surface area contributed by atoms with E-state index in [2.05, 4.69) is 10.4 Å². The van der Waals surface area contributed by atoms with E-state index < -0.39 is 5.97 Å². The number of likely N-dealkylation sites (N-methyl/N-ethyl adjacent to an activating group) is 1. The molecule has 0 atom stereocenters. The Labute approximate surface area is 157 Å². The number of nitrogens with one attached hydrogen (secondary N) is 1. The topological polar surface area (TPSA) is 76.5 Å². The summed E-state index contributed by atoms with van der Waals surface area (Å²) in [6.07, 6.45) is 1.84. The number of methoxy groups -OCH3 is 1. The minimum absolute atomic E-state index is 0.167. The lowest BCUT2D eigenvalue weighted by Crippen LogP contribution is -2.30. The van der Waals surface area contributed by atoms with Gasteiger partial charge in [-0.15, -0.1) is 11.3 Å². The molecule has 0 unspecified atom stereocenters. The van der Waals surface area contributed by atoms with Crippen molar-refractivity contribution in [3.63, 3.8) is 0 Å². The van der Waals surface area contributed by atoms with Crippen LogP contribution < -0.4 is 5.32 Å². The van der Waals surface area contributed by atoms with Crippen molar-refractivity contribution in [1.29, 1.82) is 0 Å². The number of aromatic nitrogens is 2. The van der Waals surface area contributed by atoms with Crippen molar-refractivity contribution in [2.24, 2.45) is 0 Å². The van der Waals surface area contributed by atoms with Crippen LogP contribution in [-0.2, 0) is 22.6 Å². The molecule has 0 spiro atoms. The molecule has 0 saturated heterocycles. The molecule has 26 heavy (non-hydrogen) atoms. The van der Waals surface area contributed by atoms with Crippen molar-refractivity contribution in [3.05, 3.63) is 33.5 Å². The van der Waals surface area contributed by atoms with Crippen molar-refractivity contribution in [2.45, 2.75) is 40.8 Å². The number of carbonyl (C=O) groups is 2. The third-order valence-electron chi connectivity index (χ3n) is 4.39. The standard InChI is InChI=1S/C18H26N4O3S/c1-7-22-12(3)14(8-19-22)9-21(5)10-15(23)20-17-16(18(24)25-6)11(2)13(4)26-17/h8H,7,9-10H2,1-6H3,(H,20,23). The van der Waals surface area contributed by atoms with E-state index in [0.29, 0.717) is 17.1 Å². The van der Waals surface area contributed by atoms with Crippen LogP contribution in [0.25, 0.3) is 0 Å². The zero-order valence-electron chi connectivity index (χ0n) is 16.2. The highest BCUT2D eigenvalue weighted by atomic mass is 32.1. The van der Waals surface area contributed by atoms with E-state index in [9.17, 15) is 9.59 Å². The Bertz CT molecular complexity index is 810. The van der Waals surface area contributed by atoms with Crippen molar-refractivity contribution >= 4 is 28.2 Å². The first-order valence-corrected chi connectivity index (χ1v) is 9.28. The highest BCUT2D eigenvalue weighted by Gasteiger charge is 2.22. The van der Waals surface area contributed by atoms with Crippen molar-refractivity contribution in [3.8, 4) is 0 Å². The molecule has 0 aliphatic carbocycles. The van der Waals surface area contributed by atoms with Crippen molar-refractivity contribution < 1.29 is 14.3 Å². The predicted octanol–water partition coefficient (Wildman–Crippen LogP) is 2.75. The molecule has 0 radical (unpaired) electrons. The van der Waals surface area contributed by atoms with Crippen LogP contribution in [-0.4, -0.2) is 47.3 Å². The van der Waals surface area contributed by atoms with Gasteiger partial charge in [-0.25, -0.2) is 4.79 Å². The number of hydrogen-bond acceptors (Lipinski definition) is 6. The largest absolute Gasteiger partial charge is 0.465 e. The van der Waals surface area contributed by atoms with Gasteiger partial charge in [0.1, 0.15) is 5.00 Å². The lowest BCUT2D eigenvalue weighted by atomic mass is 10.1. The molecule has 0 aliphatic heterocycles. The molecule has 0 bridgehead atoms. The van der Waals surface area contributed by atoms with Crippen LogP contribution in [0.3, 0.4) is 0 Å². The molecule has 2 rings (SSSR count). The first kappa shape index (κ1) is 20.1. The van der Waals surface area contributed by atoms with Gasteiger partial charge in [0.2, 0.25) is 5.91 Å². The van der Waals surface area contributed by atoms with E-state index in [0.717, 1.165) is 28.2 Å². The summed E-state index contributed by atoms with van der Waals surface area (Å²) in [6.45, 7) is 9.52. The Morgan fingerprint density at radius 2 is 2.04 bits per heavy atom. The number of nitrogens with zero attached hydrogens (tertiary/aromatic N) is 3. The monoisotopic (exact) mass is 378 g/mol. The Balaban J connectivity index is 2.03. The van der Waals surface area contributed by atoms with Crippen LogP contribution in [0.4, 0.5) is 5.00 Å². The van der Waals surface area contributed by atoms with Gasteiger partial charge >= 0.3 is 5.97 Å². The summed E-state index contributed by atoms with van der Waals surface area (Å²) in [5, 5.41) is 7.72. The van der Waals surface area contributed by atoms with Gasteiger partial charge in [-0.3, -0.25) is 14.4 Å². The quantitative estimate of drug-likeness (QED) is 0.750. The molecule has 0 aliphatic rings. The molecule has 0 fully saturated rings. The van der Waals surface area contributed by atoms with Crippen LogP contribution in [0.5, 0.6) is 0 Å². The molecule has 8 heteroatoms. The van der Waals surface area contributed by atoms with Crippen molar-refractivity contribution in [2.75, 3.05) is 26.0 Å². The maximum Gasteiger partial charge on any atom is 0.341 e. The van der Waals surface area contributed by atoms with Crippen LogP contribution in [0.1, 0.15) is 39.0 Å². The molecule has 0 saturated carbocycles. The summed E-state index contributed by atoms with van der Waals surface area (Å²) in [5.74, 6) is -0.599. The number of esters is 1. The molecular formula is C18H26N4O3S. The first-order valence-electron chi connectivity index (χ1n) is 8.46. The second-order valence-corrected chi connectivity index (χ2v) is 7.50. The molecule has 0 aromatic carbocycles. The fourth-order valence-electron chi connectivity index (χ4n) is 2.78. The minimum atomic E-state index is -0.432.